The number of aryl methyl sites for hydroxylation is 4. The molecule has 2 aromatic rings. The first-order valence-corrected chi connectivity index (χ1v) is 18.6. The Morgan fingerprint density at radius 1 is 0.644 bits per heavy atom. The minimum atomic E-state index is -0.641. The number of allylic oxidation sites excluding steroid dienone is 4. The quantitative estimate of drug-likeness (QED) is 0.124. The summed E-state index contributed by atoms with van der Waals surface area (Å²) in [7, 11) is 2.70. The molecule has 0 unspecified atom stereocenters. The van der Waals surface area contributed by atoms with E-state index in [1.807, 2.05) is 0 Å². The average molecular weight is 695 g/mol. The SMILES string of the molecule is C1=CCCC1.COc1c(C)cc(P(C2=C([C@@H](C)P(C(C)(C)C)C(C)(C)C)CCC2)c2cc(C)c(OC)c(C)c2)cc1C.[CH3-].[CH3-].[Fe+2]. The average Bonchev–Trinajstić information content (AvgIpc) is 3.58. The van der Waals surface area contributed by atoms with Crippen molar-refractivity contribution in [3.8, 4) is 11.5 Å². The maximum Gasteiger partial charge on any atom is 2.00 e. The standard InChI is InChI=1S/C33H50O2P2.C5H8.2CH3.Fe/c1-21-17-26(18-22(2)30(21)34-12)36(27-19-23(3)31(35-13)24(4)20-27)29-16-14-15-28(29)25(5)37(32(6,7)8)33(9,10)11;1-2-4-5-3-1;;;/h17-20,25H,14-16H2,1-13H3;1-2H,3-5H2;2*1H3;/q;;2*-1;+2/t25-;;;;/m1..../s1. The van der Waals surface area contributed by atoms with Crippen LogP contribution in [0.4, 0.5) is 0 Å². The number of rotatable bonds is 7. The fraction of sp³-hybridized carbons (Fsp3) is 0.550. The van der Waals surface area contributed by atoms with Gasteiger partial charge in [0.15, 0.2) is 0 Å². The van der Waals surface area contributed by atoms with Crippen LogP contribution in [0.3, 0.4) is 0 Å². The van der Waals surface area contributed by atoms with E-state index in [1.165, 1.54) is 71.4 Å². The molecule has 254 valence electrons. The molecule has 4 rings (SSSR count). The molecule has 0 spiro atoms. The normalized spacial score (nSPS) is 15.2. The molecule has 2 aromatic carbocycles. The van der Waals surface area contributed by atoms with E-state index in [4.69, 9.17) is 9.47 Å². The van der Waals surface area contributed by atoms with Gasteiger partial charge in [-0.2, -0.15) is 0 Å². The van der Waals surface area contributed by atoms with E-state index in [9.17, 15) is 0 Å². The first-order valence-electron chi connectivity index (χ1n) is 15.9. The number of hydrogen-bond donors (Lipinski definition) is 0. The van der Waals surface area contributed by atoms with Crippen molar-refractivity contribution in [3.05, 3.63) is 84.4 Å². The molecular formula is C40H64FeO2P2. The Bertz CT molecular complexity index is 1170. The van der Waals surface area contributed by atoms with Crippen LogP contribution in [0.15, 0.2) is 47.3 Å². The van der Waals surface area contributed by atoms with Crippen LogP contribution in [0.5, 0.6) is 11.5 Å². The summed E-state index contributed by atoms with van der Waals surface area (Å²) in [6, 6.07) is 9.60. The summed E-state index contributed by atoms with van der Waals surface area (Å²) < 4.78 is 11.5. The molecule has 2 nitrogen and oxygen atoms in total. The number of hydrogen-bond acceptors (Lipinski definition) is 2. The van der Waals surface area contributed by atoms with E-state index in [0.29, 0.717) is 16.0 Å². The van der Waals surface area contributed by atoms with Gasteiger partial charge < -0.3 is 24.3 Å². The summed E-state index contributed by atoms with van der Waals surface area (Å²) in [5.41, 5.74) is 7.27. The zero-order valence-corrected chi connectivity index (χ0v) is 34.2. The van der Waals surface area contributed by atoms with Gasteiger partial charge >= 0.3 is 17.1 Å². The van der Waals surface area contributed by atoms with Gasteiger partial charge in [-0.1, -0.05) is 74.1 Å². The van der Waals surface area contributed by atoms with Gasteiger partial charge in [0.2, 0.25) is 0 Å². The van der Waals surface area contributed by atoms with Crippen molar-refractivity contribution in [2.24, 2.45) is 0 Å². The molecule has 2 aliphatic rings. The number of methoxy groups -OCH3 is 2. The monoisotopic (exact) mass is 694 g/mol. The number of benzene rings is 2. The second kappa shape index (κ2) is 18.4. The summed E-state index contributed by atoms with van der Waals surface area (Å²) in [4.78, 5) is 0. The minimum Gasteiger partial charge on any atom is -0.496 e. The molecule has 0 aromatic heterocycles. The predicted molar refractivity (Wildman–Crippen MR) is 204 cm³/mol. The fourth-order valence-corrected chi connectivity index (χ4v) is 15.8. The van der Waals surface area contributed by atoms with Gasteiger partial charge in [0, 0.05) is 0 Å². The molecule has 0 bridgehead atoms. The molecule has 0 saturated carbocycles. The van der Waals surface area contributed by atoms with Crippen molar-refractivity contribution in [1.82, 2.24) is 0 Å². The molecule has 0 saturated heterocycles. The van der Waals surface area contributed by atoms with E-state index in [0.717, 1.165) is 11.5 Å². The van der Waals surface area contributed by atoms with Crippen LogP contribution in [0.2, 0.25) is 0 Å². The first kappa shape index (κ1) is 43.9. The van der Waals surface area contributed by atoms with Gasteiger partial charge in [0.05, 0.1) is 14.2 Å². The van der Waals surface area contributed by atoms with Crippen LogP contribution in [0.25, 0.3) is 0 Å². The van der Waals surface area contributed by atoms with Crippen LogP contribution in [-0.2, 0) is 17.1 Å². The smallest absolute Gasteiger partial charge is 0.496 e. The Labute approximate surface area is 292 Å². The molecule has 1 atom stereocenters. The summed E-state index contributed by atoms with van der Waals surface area (Å²) >= 11 is 0. The van der Waals surface area contributed by atoms with Crippen LogP contribution < -0.4 is 20.1 Å². The summed E-state index contributed by atoms with van der Waals surface area (Å²) in [6.45, 7) is 26.1. The van der Waals surface area contributed by atoms with E-state index in [1.54, 1.807) is 25.1 Å². The molecular weight excluding hydrogens is 630 g/mol. The molecule has 0 N–H and O–H groups in total. The van der Waals surface area contributed by atoms with E-state index < -0.39 is 7.92 Å². The van der Waals surface area contributed by atoms with Gasteiger partial charge in [-0.3, -0.25) is 0 Å². The van der Waals surface area contributed by atoms with Gasteiger partial charge in [-0.05, 0) is 153 Å². The zero-order valence-electron chi connectivity index (χ0n) is 31.3. The van der Waals surface area contributed by atoms with Crippen molar-refractivity contribution < 1.29 is 26.5 Å². The Morgan fingerprint density at radius 3 is 1.31 bits per heavy atom. The second-order valence-electron chi connectivity index (χ2n) is 14.2. The molecule has 0 heterocycles. The predicted octanol–water partition coefficient (Wildman–Crippen LogP) is 11.9. The van der Waals surface area contributed by atoms with Crippen molar-refractivity contribution in [3.63, 3.8) is 0 Å². The van der Waals surface area contributed by atoms with Gasteiger partial charge in [0.1, 0.15) is 11.5 Å². The van der Waals surface area contributed by atoms with E-state index in [2.05, 4.69) is 113 Å². The Balaban J connectivity index is 0.00000220. The van der Waals surface area contributed by atoms with Gasteiger partial charge in [-0.25, -0.2) is 0 Å². The molecule has 0 radical (unpaired) electrons. The third-order valence-corrected chi connectivity index (χ3v) is 15.1. The summed E-state index contributed by atoms with van der Waals surface area (Å²) in [6.07, 6.45) is 12.2. The summed E-state index contributed by atoms with van der Waals surface area (Å²) in [5, 5.41) is 5.23. The molecule has 45 heavy (non-hydrogen) atoms. The van der Waals surface area contributed by atoms with E-state index in [-0.39, 0.29) is 39.8 Å². The Kier molecular flexibility index (Phi) is 18.0. The zero-order chi connectivity index (χ0) is 31.4. The Morgan fingerprint density at radius 2 is 1.02 bits per heavy atom. The minimum absolute atomic E-state index is 0. The van der Waals surface area contributed by atoms with Crippen LogP contribution in [-0.4, -0.2) is 30.2 Å². The Hall–Kier alpha value is -1.10. The summed E-state index contributed by atoms with van der Waals surface area (Å²) in [5.74, 6) is 2.03. The van der Waals surface area contributed by atoms with Gasteiger partial charge in [-0.15, -0.1) is 0 Å². The van der Waals surface area contributed by atoms with Crippen LogP contribution in [0.1, 0.15) is 109 Å². The molecule has 0 fully saturated rings. The maximum atomic E-state index is 5.76. The van der Waals surface area contributed by atoms with Crippen molar-refractivity contribution in [1.29, 1.82) is 0 Å². The van der Waals surface area contributed by atoms with Crippen molar-refractivity contribution in [2.45, 2.75) is 131 Å². The third-order valence-electron chi connectivity index (χ3n) is 8.56. The van der Waals surface area contributed by atoms with E-state index >= 15 is 0 Å². The largest absolute Gasteiger partial charge is 2.00 e. The fourth-order valence-electron chi connectivity index (χ4n) is 7.59. The molecule has 5 heteroatoms. The maximum absolute atomic E-state index is 5.76. The van der Waals surface area contributed by atoms with Crippen LogP contribution in [0, 0.1) is 42.5 Å². The number of ether oxygens (including phenoxy) is 2. The molecule has 0 amide bonds. The van der Waals surface area contributed by atoms with Crippen LogP contribution >= 0.6 is 15.8 Å². The second-order valence-corrected chi connectivity index (χ2v) is 20.6. The molecule has 2 aliphatic carbocycles. The molecule has 0 aliphatic heterocycles. The van der Waals surface area contributed by atoms with Crippen molar-refractivity contribution >= 4 is 26.5 Å². The van der Waals surface area contributed by atoms with Crippen molar-refractivity contribution in [2.75, 3.05) is 14.2 Å². The van der Waals surface area contributed by atoms with Gasteiger partial charge in [0.25, 0.3) is 0 Å². The third kappa shape index (κ3) is 10.7. The first-order chi connectivity index (χ1) is 19.6. The topological polar surface area (TPSA) is 18.5 Å².